The Morgan fingerprint density at radius 2 is 2.19 bits per heavy atom. The van der Waals surface area contributed by atoms with Gasteiger partial charge in [0.25, 0.3) is 0 Å². The topological polar surface area (TPSA) is 55.1 Å². The molecule has 0 aromatic carbocycles. The van der Waals surface area contributed by atoms with Gasteiger partial charge in [-0.15, -0.1) is 11.3 Å². The third-order valence-corrected chi connectivity index (χ3v) is 3.68. The number of carbonyl (C=O) groups is 1. The van der Waals surface area contributed by atoms with Crippen LogP contribution in [0.5, 0.6) is 0 Å². The maximum Gasteiger partial charge on any atom is 0.222 e. The zero-order valence-electron chi connectivity index (χ0n) is 10.1. The number of amides is 1. The van der Waals surface area contributed by atoms with Gasteiger partial charge in [0, 0.05) is 17.3 Å². The molecule has 0 aliphatic heterocycles. The quantitative estimate of drug-likeness (QED) is 0.829. The molecule has 3 nitrogen and oxygen atoms in total. The van der Waals surface area contributed by atoms with E-state index in [1.807, 2.05) is 38.3 Å². The number of thiophene rings is 1. The Balaban J connectivity index is 2.40. The van der Waals surface area contributed by atoms with Gasteiger partial charge in [0.15, 0.2) is 0 Å². The number of hydrogen-bond acceptors (Lipinski definition) is 3. The summed E-state index contributed by atoms with van der Waals surface area (Å²) in [6.45, 7) is 6.05. The molecule has 4 heteroatoms. The zero-order valence-corrected chi connectivity index (χ0v) is 10.9. The van der Waals surface area contributed by atoms with Crippen LogP contribution in [0, 0.1) is 5.92 Å². The van der Waals surface area contributed by atoms with Gasteiger partial charge in [-0.3, -0.25) is 4.79 Å². The molecule has 90 valence electrons. The summed E-state index contributed by atoms with van der Waals surface area (Å²) in [6.07, 6.45) is 0.396. The lowest BCUT2D eigenvalue weighted by Crippen LogP contribution is -2.35. The van der Waals surface area contributed by atoms with Crippen LogP contribution >= 0.6 is 11.3 Å². The molecule has 2 atom stereocenters. The molecule has 1 unspecified atom stereocenters. The highest BCUT2D eigenvalue weighted by atomic mass is 32.1. The smallest absolute Gasteiger partial charge is 0.222 e. The minimum Gasteiger partial charge on any atom is -0.349 e. The molecule has 0 saturated carbocycles. The fourth-order valence-corrected chi connectivity index (χ4v) is 2.09. The Morgan fingerprint density at radius 1 is 1.50 bits per heavy atom. The third kappa shape index (κ3) is 3.94. The van der Waals surface area contributed by atoms with E-state index in [2.05, 4.69) is 5.32 Å². The van der Waals surface area contributed by atoms with Crippen molar-refractivity contribution in [1.29, 1.82) is 0 Å². The normalized spacial score (nSPS) is 14.8. The molecule has 0 spiro atoms. The highest BCUT2D eigenvalue weighted by molar-refractivity contribution is 7.10. The van der Waals surface area contributed by atoms with Gasteiger partial charge < -0.3 is 11.1 Å². The number of hydrogen-bond donors (Lipinski definition) is 2. The van der Waals surface area contributed by atoms with Crippen LogP contribution in [-0.2, 0) is 4.79 Å². The van der Waals surface area contributed by atoms with Crippen molar-refractivity contribution < 1.29 is 4.79 Å². The summed E-state index contributed by atoms with van der Waals surface area (Å²) in [6, 6.07) is 4.03. The van der Waals surface area contributed by atoms with Crippen LogP contribution in [0.15, 0.2) is 17.5 Å². The Bertz CT molecular complexity index is 322. The second kappa shape index (κ2) is 6.01. The number of rotatable bonds is 5. The van der Waals surface area contributed by atoms with E-state index in [0.717, 1.165) is 0 Å². The van der Waals surface area contributed by atoms with Crippen molar-refractivity contribution >= 4 is 17.2 Å². The van der Waals surface area contributed by atoms with E-state index >= 15 is 0 Å². The minimum atomic E-state index is -0.0597. The Hall–Kier alpha value is -0.870. The van der Waals surface area contributed by atoms with Crippen LogP contribution in [0.3, 0.4) is 0 Å². The second-order valence-electron chi connectivity index (χ2n) is 4.42. The summed E-state index contributed by atoms with van der Waals surface area (Å²) in [7, 11) is 0. The minimum absolute atomic E-state index is 0.0297. The van der Waals surface area contributed by atoms with Crippen LogP contribution in [0.4, 0.5) is 0 Å². The Morgan fingerprint density at radius 3 is 2.69 bits per heavy atom. The van der Waals surface area contributed by atoms with Crippen LogP contribution in [0.2, 0.25) is 0 Å². The average Bonchev–Trinajstić information content (AvgIpc) is 2.69. The van der Waals surface area contributed by atoms with Crippen LogP contribution in [-0.4, -0.2) is 11.9 Å². The Labute approximate surface area is 101 Å². The van der Waals surface area contributed by atoms with Crippen molar-refractivity contribution in [2.45, 2.75) is 39.3 Å². The van der Waals surface area contributed by atoms with E-state index in [0.29, 0.717) is 12.3 Å². The molecule has 0 saturated heterocycles. The fourth-order valence-electron chi connectivity index (χ4n) is 1.36. The first kappa shape index (κ1) is 13.2. The van der Waals surface area contributed by atoms with Gasteiger partial charge in [0.1, 0.15) is 0 Å². The molecule has 1 heterocycles. The Kier molecular flexibility index (Phi) is 4.96. The molecule has 0 bridgehead atoms. The highest BCUT2D eigenvalue weighted by Gasteiger charge is 2.15. The van der Waals surface area contributed by atoms with E-state index in [9.17, 15) is 4.79 Å². The third-order valence-electron chi connectivity index (χ3n) is 2.62. The molecule has 16 heavy (non-hydrogen) atoms. The van der Waals surface area contributed by atoms with E-state index < -0.39 is 0 Å². The van der Waals surface area contributed by atoms with Crippen molar-refractivity contribution in [3.05, 3.63) is 22.4 Å². The predicted molar refractivity (Wildman–Crippen MR) is 68.3 cm³/mol. The maximum absolute atomic E-state index is 11.7. The SMILES string of the molecule is CC(C)C(N)CC(=O)N[C@H](C)c1cccs1. The fraction of sp³-hybridized carbons (Fsp3) is 0.583. The first-order valence-corrected chi connectivity index (χ1v) is 6.47. The molecule has 0 aliphatic carbocycles. The van der Waals surface area contributed by atoms with Crippen LogP contribution in [0.1, 0.15) is 38.1 Å². The van der Waals surface area contributed by atoms with Gasteiger partial charge in [0.2, 0.25) is 5.91 Å². The van der Waals surface area contributed by atoms with Crippen molar-refractivity contribution in [1.82, 2.24) is 5.32 Å². The van der Waals surface area contributed by atoms with E-state index in [1.54, 1.807) is 11.3 Å². The summed E-state index contributed by atoms with van der Waals surface area (Å²) >= 11 is 1.65. The molecule has 0 aliphatic rings. The second-order valence-corrected chi connectivity index (χ2v) is 5.40. The summed E-state index contributed by atoms with van der Waals surface area (Å²) < 4.78 is 0. The van der Waals surface area contributed by atoms with Gasteiger partial charge in [-0.2, -0.15) is 0 Å². The van der Waals surface area contributed by atoms with Crippen molar-refractivity contribution in [2.75, 3.05) is 0 Å². The molecule has 1 aromatic heterocycles. The summed E-state index contributed by atoms with van der Waals surface area (Å²) in [5.74, 6) is 0.366. The van der Waals surface area contributed by atoms with E-state index in [-0.39, 0.29) is 18.0 Å². The van der Waals surface area contributed by atoms with E-state index in [4.69, 9.17) is 5.73 Å². The molecule has 1 aromatic rings. The van der Waals surface area contributed by atoms with Gasteiger partial charge >= 0.3 is 0 Å². The molecular formula is C12H20N2OS. The largest absolute Gasteiger partial charge is 0.349 e. The first-order valence-electron chi connectivity index (χ1n) is 5.59. The predicted octanol–water partition coefficient (Wildman–Crippen LogP) is 2.30. The molecule has 1 rings (SSSR count). The van der Waals surface area contributed by atoms with Crippen molar-refractivity contribution in [2.24, 2.45) is 11.7 Å². The number of nitrogens with one attached hydrogen (secondary N) is 1. The summed E-state index contributed by atoms with van der Waals surface area (Å²) in [5.41, 5.74) is 5.85. The summed E-state index contributed by atoms with van der Waals surface area (Å²) in [5, 5.41) is 4.97. The molecule has 0 radical (unpaired) electrons. The highest BCUT2D eigenvalue weighted by Crippen LogP contribution is 2.18. The average molecular weight is 240 g/mol. The van der Waals surface area contributed by atoms with Gasteiger partial charge in [-0.05, 0) is 24.3 Å². The molecule has 3 N–H and O–H groups in total. The van der Waals surface area contributed by atoms with Gasteiger partial charge in [0.05, 0.1) is 6.04 Å². The number of carbonyl (C=O) groups excluding carboxylic acids is 1. The van der Waals surface area contributed by atoms with Crippen molar-refractivity contribution in [3.8, 4) is 0 Å². The zero-order chi connectivity index (χ0) is 12.1. The van der Waals surface area contributed by atoms with Crippen molar-refractivity contribution in [3.63, 3.8) is 0 Å². The van der Waals surface area contributed by atoms with Gasteiger partial charge in [-0.25, -0.2) is 0 Å². The van der Waals surface area contributed by atoms with Crippen LogP contribution < -0.4 is 11.1 Å². The first-order chi connectivity index (χ1) is 7.50. The van der Waals surface area contributed by atoms with E-state index in [1.165, 1.54) is 4.88 Å². The van der Waals surface area contributed by atoms with Crippen LogP contribution in [0.25, 0.3) is 0 Å². The molecular weight excluding hydrogens is 220 g/mol. The molecule has 1 amide bonds. The monoisotopic (exact) mass is 240 g/mol. The van der Waals surface area contributed by atoms with Gasteiger partial charge in [-0.1, -0.05) is 19.9 Å². The lowest BCUT2D eigenvalue weighted by molar-refractivity contribution is -0.122. The standard InChI is InChI=1S/C12H20N2OS/c1-8(2)10(13)7-12(15)14-9(3)11-5-4-6-16-11/h4-6,8-10H,7,13H2,1-3H3,(H,14,15)/t9-,10?/m1/s1. The lowest BCUT2D eigenvalue weighted by atomic mass is 10.0. The molecule has 0 fully saturated rings. The summed E-state index contributed by atoms with van der Waals surface area (Å²) in [4.78, 5) is 12.8. The lowest BCUT2D eigenvalue weighted by Gasteiger charge is -2.17. The number of nitrogens with two attached hydrogens (primary N) is 1. The maximum atomic E-state index is 11.7.